The van der Waals surface area contributed by atoms with Crippen LogP contribution in [0.3, 0.4) is 0 Å². The molecule has 0 aliphatic rings. The van der Waals surface area contributed by atoms with Gasteiger partial charge >= 0.3 is 0 Å². The van der Waals surface area contributed by atoms with Crippen LogP contribution in [0.15, 0.2) is 24.3 Å². The molecule has 0 bridgehead atoms. The fourth-order valence-electron chi connectivity index (χ4n) is 1.72. The number of para-hydroxylation sites is 1. The molecular weight excluding hydrogens is 198 g/mol. The summed E-state index contributed by atoms with van der Waals surface area (Å²) >= 11 is 0. The average Bonchev–Trinajstić information content (AvgIpc) is 2.30. The quantitative estimate of drug-likeness (QED) is 0.586. The second-order valence-corrected chi connectivity index (χ2v) is 3.87. The van der Waals surface area contributed by atoms with Crippen LogP contribution >= 0.6 is 0 Å². The molecule has 0 saturated carbocycles. The van der Waals surface area contributed by atoms with E-state index in [-0.39, 0.29) is 6.04 Å². The topological polar surface area (TPSA) is 35.2 Å². The Hall–Kier alpha value is -1.46. The first-order chi connectivity index (χ1) is 7.77. The van der Waals surface area contributed by atoms with Crippen molar-refractivity contribution in [3.63, 3.8) is 0 Å². The van der Waals surface area contributed by atoms with Gasteiger partial charge in [-0.15, -0.1) is 12.3 Å². The number of rotatable bonds is 6. The summed E-state index contributed by atoms with van der Waals surface area (Å²) in [7, 11) is 1.68. The molecule has 0 aliphatic carbocycles. The Morgan fingerprint density at radius 3 is 2.88 bits per heavy atom. The number of methoxy groups -OCH3 is 1. The van der Waals surface area contributed by atoms with Crippen molar-refractivity contribution < 1.29 is 4.74 Å². The number of ether oxygens (including phenoxy) is 1. The van der Waals surface area contributed by atoms with E-state index in [1.807, 2.05) is 18.2 Å². The fraction of sp³-hybridized carbons (Fsp3) is 0.429. The zero-order chi connectivity index (χ0) is 11.8. The smallest absolute Gasteiger partial charge is 0.122 e. The molecule has 16 heavy (non-hydrogen) atoms. The van der Waals surface area contributed by atoms with Gasteiger partial charge in [-0.2, -0.15) is 0 Å². The van der Waals surface area contributed by atoms with Crippen molar-refractivity contribution in [2.24, 2.45) is 5.73 Å². The molecule has 1 aromatic carbocycles. The Kier molecular flexibility index (Phi) is 5.45. The molecule has 0 amide bonds. The van der Waals surface area contributed by atoms with Gasteiger partial charge in [0.15, 0.2) is 0 Å². The molecule has 0 aliphatic heterocycles. The highest BCUT2D eigenvalue weighted by molar-refractivity contribution is 5.33. The Morgan fingerprint density at radius 1 is 1.44 bits per heavy atom. The zero-order valence-corrected chi connectivity index (χ0v) is 9.78. The van der Waals surface area contributed by atoms with Crippen molar-refractivity contribution in [1.29, 1.82) is 0 Å². The van der Waals surface area contributed by atoms with Gasteiger partial charge in [-0.3, -0.25) is 0 Å². The number of hydrogen-bond donors (Lipinski definition) is 1. The molecule has 1 aromatic rings. The van der Waals surface area contributed by atoms with Crippen LogP contribution in [0.5, 0.6) is 5.75 Å². The third kappa shape index (κ3) is 3.96. The number of benzene rings is 1. The summed E-state index contributed by atoms with van der Waals surface area (Å²) in [5.74, 6) is 3.54. The van der Waals surface area contributed by atoms with Crippen LogP contribution in [0.1, 0.15) is 24.8 Å². The second-order valence-electron chi connectivity index (χ2n) is 3.87. The summed E-state index contributed by atoms with van der Waals surface area (Å²) in [6.07, 6.45) is 8.80. The Bertz CT molecular complexity index is 354. The first kappa shape index (κ1) is 12.6. The van der Waals surface area contributed by atoms with Crippen LogP contribution in [0.4, 0.5) is 0 Å². The molecule has 86 valence electrons. The van der Waals surface area contributed by atoms with Gasteiger partial charge in [0, 0.05) is 12.5 Å². The van der Waals surface area contributed by atoms with E-state index in [0.29, 0.717) is 0 Å². The SMILES string of the molecule is C#CCCCC(N)Cc1ccccc1OC. The summed E-state index contributed by atoms with van der Waals surface area (Å²) in [6.45, 7) is 0. The fourth-order valence-corrected chi connectivity index (χ4v) is 1.72. The van der Waals surface area contributed by atoms with Crippen LogP contribution < -0.4 is 10.5 Å². The zero-order valence-electron chi connectivity index (χ0n) is 9.78. The Morgan fingerprint density at radius 2 is 2.19 bits per heavy atom. The van der Waals surface area contributed by atoms with Gasteiger partial charge in [-0.25, -0.2) is 0 Å². The molecule has 2 nitrogen and oxygen atoms in total. The largest absolute Gasteiger partial charge is 0.496 e. The normalized spacial score (nSPS) is 11.8. The molecule has 0 spiro atoms. The van der Waals surface area contributed by atoms with Gasteiger partial charge < -0.3 is 10.5 Å². The second kappa shape index (κ2) is 6.92. The molecule has 0 aromatic heterocycles. The maximum atomic E-state index is 6.05. The lowest BCUT2D eigenvalue weighted by atomic mass is 10.0. The van der Waals surface area contributed by atoms with Crippen molar-refractivity contribution in [3.05, 3.63) is 29.8 Å². The molecule has 0 radical (unpaired) electrons. The molecule has 1 rings (SSSR count). The third-order valence-corrected chi connectivity index (χ3v) is 2.57. The maximum absolute atomic E-state index is 6.05. The van der Waals surface area contributed by atoms with E-state index in [1.165, 1.54) is 5.56 Å². The van der Waals surface area contributed by atoms with Gasteiger partial charge in [-0.05, 0) is 30.9 Å². The number of nitrogens with two attached hydrogens (primary N) is 1. The Balaban J connectivity index is 2.49. The lowest BCUT2D eigenvalue weighted by molar-refractivity contribution is 0.407. The predicted octanol–water partition coefficient (Wildman–Crippen LogP) is 2.37. The van der Waals surface area contributed by atoms with Crippen LogP contribution in [-0.4, -0.2) is 13.2 Å². The van der Waals surface area contributed by atoms with Gasteiger partial charge in [0.05, 0.1) is 7.11 Å². The van der Waals surface area contributed by atoms with Crippen molar-refractivity contribution in [2.75, 3.05) is 7.11 Å². The molecule has 2 heteroatoms. The monoisotopic (exact) mass is 217 g/mol. The number of hydrogen-bond acceptors (Lipinski definition) is 2. The highest BCUT2D eigenvalue weighted by atomic mass is 16.5. The van der Waals surface area contributed by atoms with Crippen LogP contribution in [0.25, 0.3) is 0 Å². The third-order valence-electron chi connectivity index (χ3n) is 2.57. The molecule has 0 saturated heterocycles. The highest BCUT2D eigenvalue weighted by Crippen LogP contribution is 2.19. The van der Waals surface area contributed by atoms with E-state index in [4.69, 9.17) is 16.9 Å². The predicted molar refractivity (Wildman–Crippen MR) is 67.4 cm³/mol. The van der Waals surface area contributed by atoms with Crippen LogP contribution in [-0.2, 0) is 6.42 Å². The number of terminal acetylenes is 1. The van der Waals surface area contributed by atoms with E-state index in [1.54, 1.807) is 7.11 Å². The minimum Gasteiger partial charge on any atom is -0.496 e. The van der Waals surface area contributed by atoms with Crippen molar-refractivity contribution in [2.45, 2.75) is 31.7 Å². The lowest BCUT2D eigenvalue weighted by Crippen LogP contribution is -2.22. The average molecular weight is 217 g/mol. The first-order valence-electron chi connectivity index (χ1n) is 5.59. The minimum absolute atomic E-state index is 0.157. The van der Waals surface area contributed by atoms with Gasteiger partial charge in [0.25, 0.3) is 0 Å². The lowest BCUT2D eigenvalue weighted by Gasteiger charge is -2.13. The van der Waals surface area contributed by atoms with Crippen molar-refractivity contribution in [3.8, 4) is 18.1 Å². The van der Waals surface area contributed by atoms with E-state index in [9.17, 15) is 0 Å². The number of unbranched alkanes of at least 4 members (excludes halogenated alkanes) is 1. The molecule has 1 atom stereocenters. The molecule has 2 N–H and O–H groups in total. The van der Waals surface area contributed by atoms with E-state index in [2.05, 4.69) is 12.0 Å². The van der Waals surface area contributed by atoms with E-state index < -0.39 is 0 Å². The van der Waals surface area contributed by atoms with Crippen molar-refractivity contribution in [1.82, 2.24) is 0 Å². The Labute approximate surface area is 97.8 Å². The highest BCUT2D eigenvalue weighted by Gasteiger charge is 2.07. The summed E-state index contributed by atoms with van der Waals surface area (Å²) in [5, 5.41) is 0. The van der Waals surface area contributed by atoms with Crippen LogP contribution in [0.2, 0.25) is 0 Å². The molecule has 1 unspecified atom stereocenters. The summed E-state index contributed by atoms with van der Waals surface area (Å²) in [6, 6.07) is 8.14. The maximum Gasteiger partial charge on any atom is 0.122 e. The first-order valence-corrected chi connectivity index (χ1v) is 5.59. The summed E-state index contributed by atoms with van der Waals surface area (Å²) in [5.41, 5.74) is 7.21. The van der Waals surface area contributed by atoms with Crippen LogP contribution in [0, 0.1) is 12.3 Å². The minimum atomic E-state index is 0.157. The van der Waals surface area contributed by atoms with Gasteiger partial charge in [0.1, 0.15) is 5.75 Å². The van der Waals surface area contributed by atoms with Gasteiger partial charge in [0.2, 0.25) is 0 Å². The standard InChI is InChI=1S/C14H19NO/c1-3-4-5-9-13(15)11-12-8-6-7-10-14(12)16-2/h1,6-8,10,13H,4-5,9,11,15H2,2H3. The molecule has 0 fully saturated rings. The van der Waals surface area contributed by atoms with E-state index >= 15 is 0 Å². The van der Waals surface area contributed by atoms with Gasteiger partial charge in [-0.1, -0.05) is 18.2 Å². The summed E-state index contributed by atoms with van der Waals surface area (Å²) in [4.78, 5) is 0. The summed E-state index contributed by atoms with van der Waals surface area (Å²) < 4.78 is 5.28. The van der Waals surface area contributed by atoms with E-state index in [0.717, 1.165) is 31.4 Å². The van der Waals surface area contributed by atoms with Crippen molar-refractivity contribution >= 4 is 0 Å². The molecular formula is C14H19NO. The molecule has 0 heterocycles.